The van der Waals surface area contributed by atoms with Crippen molar-refractivity contribution in [2.75, 3.05) is 5.32 Å². The van der Waals surface area contributed by atoms with Crippen molar-refractivity contribution in [1.29, 1.82) is 0 Å². The van der Waals surface area contributed by atoms with Crippen LogP contribution in [0.4, 0.5) is 11.4 Å². The molecule has 4 aromatic rings. The fourth-order valence-corrected chi connectivity index (χ4v) is 4.02. The van der Waals surface area contributed by atoms with Crippen molar-refractivity contribution in [1.82, 2.24) is 9.78 Å². The number of nitrogens with one attached hydrogen (secondary N) is 1. The maximum absolute atomic E-state index is 12.0. The minimum absolute atomic E-state index is 0.171. The molecule has 0 saturated heterocycles. The summed E-state index contributed by atoms with van der Waals surface area (Å²) >= 11 is 0. The first kappa shape index (κ1) is 21.2. The predicted molar refractivity (Wildman–Crippen MR) is 121 cm³/mol. The standard InChI is InChI=1S/C22H19N5O4S/c23-32(30,31)21-13-19(27(28)29)11-12-20(21)24-14-17-15-26(18-9-5-2-6-10-18)25-22(17)16-7-3-1-4-8-16/h1-13,15,24H,14H2,(H2,23,30,31). The monoisotopic (exact) mass is 449 g/mol. The fourth-order valence-electron chi connectivity index (χ4n) is 3.29. The van der Waals surface area contributed by atoms with Crippen LogP contribution in [0.15, 0.2) is 90.0 Å². The Balaban J connectivity index is 1.72. The Kier molecular flexibility index (Phi) is 5.71. The van der Waals surface area contributed by atoms with Crippen LogP contribution in [-0.2, 0) is 16.6 Å². The highest BCUT2D eigenvalue weighted by Crippen LogP contribution is 2.28. The Hall–Kier alpha value is -4.02. The number of anilines is 1. The number of non-ortho nitro benzene ring substituents is 1. The third-order valence-electron chi connectivity index (χ3n) is 4.81. The Bertz CT molecular complexity index is 1370. The van der Waals surface area contributed by atoms with Gasteiger partial charge in [0.2, 0.25) is 10.0 Å². The minimum Gasteiger partial charge on any atom is -0.380 e. The summed E-state index contributed by atoms with van der Waals surface area (Å²) in [7, 11) is -4.18. The summed E-state index contributed by atoms with van der Waals surface area (Å²) in [5.41, 5.74) is 3.11. The van der Waals surface area contributed by atoms with Gasteiger partial charge >= 0.3 is 0 Å². The average Bonchev–Trinajstić information content (AvgIpc) is 3.22. The van der Waals surface area contributed by atoms with E-state index in [9.17, 15) is 18.5 Å². The molecule has 0 radical (unpaired) electrons. The van der Waals surface area contributed by atoms with Gasteiger partial charge in [-0.3, -0.25) is 10.1 Å². The van der Waals surface area contributed by atoms with Crippen molar-refractivity contribution in [2.45, 2.75) is 11.4 Å². The average molecular weight is 449 g/mol. The number of nitrogens with two attached hydrogens (primary N) is 1. The molecule has 1 aromatic heterocycles. The van der Waals surface area contributed by atoms with Crippen LogP contribution in [0.2, 0.25) is 0 Å². The molecule has 0 fully saturated rings. The van der Waals surface area contributed by atoms with Crippen LogP contribution in [0.5, 0.6) is 0 Å². The van der Waals surface area contributed by atoms with E-state index < -0.39 is 14.9 Å². The largest absolute Gasteiger partial charge is 0.380 e. The summed E-state index contributed by atoms with van der Waals surface area (Å²) in [5.74, 6) is 0. The molecule has 0 aliphatic heterocycles. The van der Waals surface area contributed by atoms with Gasteiger partial charge in [0.1, 0.15) is 4.90 Å². The van der Waals surface area contributed by atoms with Gasteiger partial charge in [0.05, 0.1) is 22.0 Å². The molecule has 0 spiro atoms. The maximum atomic E-state index is 12.0. The molecule has 3 N–H and O–H groups in total. The van der Waals surface area contributed by atoms with Gasteiger partial charge in [0.15, 0.2) is 0 Å². The Morgan fingerprint density at radius 3 is 2.28 bits per heavy atom. The van der Waals surface area contributed by atoms with Gasteiger partial charge in [0.25, 0.3) is 5.69 Å². The Morgan fingerprint density at radius 2 is 1.66 bits per heavy atom. The topological polar surface area (TPSA) is 133 Å². The summed E-state index contributed by atoms with van der Waals surface area (Å²) in [5, 5.41) is 24.1. The number of aromatic nitrogens is 2. The summed E-state index contributed by atoms with van der Waals surface area (Å²) in [6.07, 6.45) is 1.85. The Morgan fingerprint density at radius 1 is 1.00 bits per heavy atom. The smallest absolute Gasteiger partial charge is 0.270 e. The SMILES string of the molecule is NS(=O)(=O)c1cc([N+](=O)[O-])ccc1NCc1cn(-c2ccccc2)nc1-c1ccccc1. The molecule has 0 bridgehead atoms. The predicted octanol–water partition coefficient (Wildman–Crippen LogP) is 3.71. The zero-order valence-electron chi connectivity index (χ0n) is 16.8. The normalized spacial score (nSPS) is 11.3. The fraction of sp³-hybridized carbons (Fsp3) is 0.0455. The van der Waals surface area contributed by atoms with E-state index in [4.69, 9.17) is 10.2 Å². The van der Waals surface area contributed by atoms with Crippen molar-refractivity contribution in [3.63, 3.8) is 0 Å². The number of hydrogen-bond acceptors (Lipinski definition) is 6. The van der Waals surface area contributed by atoms with Gasteiger partial charge in [-0.2, -0.15) is 5.10 Å². The molecular weight excluding hydrogens is 430 g/mol. The summed E-state index contributed by atoms with van der Waals surface area (Å²) < 4.78 is 25.8. The van der Waals surface area contributed by atoms with Gasteiger partial charge in [0, 0.05) is 36.0 Å². The number of primary sulfonamides is 1. The van der Waals surface area contributed by atoms with Gasteiger partial charge in [-0.25, -0.2) is 18.2 Å². The van der Waals surface area contributed by atoms with Gasteiger partial charge < -0.3 is 5.32 Å². The van der Waals surface area contributed by atoms with Crippen LogP contribution in [0.3, 0.4) is 0 Å². The highest BCUT2D eigenvalue weighted by atomic mass is 32.2. The van der Waals surface area contributed by atoms with Crippen molar-refractivity contribution in [3.05, 3.63) is 101 Å². The molecule has 32 heavy (non-hydrogen) atoms. The van der Waals surface area contributed by atoms with Crippen molar-refractivity contribution >= 4 is 21.4 Å². The lowest BCUT2D eigenvalue weighted by Crippen LogP contribution is -2.15. The molecule has 0 unspecified atom stereocenters. The highest BCUT2D eigenvalue weighted by Gasteiger charge is 2.20. The molecule has 1 heterocycles. The number of hydrogen-bond donors (Lipinski definition) is 2. The minimum atomic E-state index is -4.18. The lowest BCUT2D eigenvalue weighted by Gasteiger charge is -2.11. The lowest BCUT2D eigenvalue weighted by molar-refractivity contribution is -0.385. The van der Waals surface area contributed by atoms with E-state index in [1.54, 1.807) is 4.68 Å². The van der Waals surface area contributed by atoms with Crippen LogP contribution >= 0.6 is 0 Å². The van der Waals surface area contributed by atoms with Crippen molar-refractivity contribution in [2.24, 2.45) is 5.14 Å². The third kappa shape index (κ3) is 4.51. The second-order valence-electron chi connectivity index (χ2n) is 6.99. The second kappa shape index (κ2) is 8.61. The van der Waals surface area contributed by atoms with E-state index in [-0.39, 0.29) is 22.8 Å². The van der Waals surface area contributed by atoms with Crippen LogP contribution in [-0.4, -0.2) is 23.1 Å². The molecule has 162 valence electrons. The van der Waals surface area contributed by atoms with Crippen LogP contribution < -0.4 is 10.5 Å². The van der Waals surface area contributed by atoms with E-state index in [0.29, 0.717) is 0 Å². The third-order valence-corrected chi connectivity index (χ3v) is 5.76. The molecule has 0 amide bonds. The van der Waals surface area contributed by atoms with Crippen LogP contribution in [0.1, 0.15) is 5.56 Å². The van der Waals surface area contributed by atoms with Crippen LogP contribution in [0.25, 0.3) is 16.9 Å². The van der Waals surface area contributed by atoms with Gasteiger partial charge in [-0.15, -0.1) is 0 Å². The van der Waals surface area contributed by atoms with Crippen molar-refractivity contribution < 1.29 is 13.3 Å². The first-order valence-corrected chi connectivity index (χ1v) is 11.1. The van der Waals surface area contributed by atoms with Gasteiger partial charge in [-0.1, -0.05) is 48.5 Å². The molecule has 4 rings (SSSR count). The summed E-state index contributed by atoms with van der Waals surface area (Å²) in [6.45, 7) is 0.220. The maximum Gasteiger partial charge on any atom is 0.270 e. The number of nitrogens with zero attached hydrogens (tertiary/aromatic N) is 3. The molecule has 0 saturated carbocycles. The molecule has 9 nitrogen and oxygen atoms in total. The van der Waals surface area contributed by atoms with E-state index in [0.717, 1.165) is 28.6 Å². The second-order valence-corrected chi connectivity index (χ2v) is 8.52. The number of sulfonamides is 1. The zero-order chi connectivity index (χ0) is 22.7. The first-order chi connectivity index (χ1) is 15.3. The molecule has 3 aromatic carbocycles. The molecule has 0 aliphatic rings. The molecule has 10 heteroatoms. The molecular formula is C22H19N5O4S. The van der Waals surface area contributed by atoms with E-state index in [1.165, 1.54) is 12.1 Å². The van der Waals surface area contributed by atoms with E-state index in [2.05, 4.69) is 5.32 Å². The summed E-state index contributed by atoms with van der Waals surface area (Å²) in [6, 6.07) is 22.7. The lowest BCUT2D eigenvalue weighted by atomic mass is 10.1. The number of rotatable bonds is 7. The molecule has 0 aliphatic carbocycles. The number of benzene rings is 3. The number of nitro benzene ring substituents is 1. The van der Waals surface area contributed by atoms with E-state index in [1.807, 2.05) is 66.9 Å². The van der Waals surface area contributed by atoms with Crippen LogP contribution in [0, 0.1) is 10.1 Å². The van der Waals surface area contributed by atoms with Crippen molar-refractivity contribution in [3.8, 4) is 16.9 Å². The first-order valence-electron chi connectivity index (χ1n) is 9.57. The highest BCUT2D eigenvalue weighted by molar-refractivity contribution is 7.89. The molecule has 0 atom stereocenters. The number of nitro groups is 1. The zero-order valence-corrected chi connectivity index (χ0v) is 17.6. The summed E-state index contributed by atoms with van der Waals surface area (Å²) in [4.78, 5) is 10.0. The van der Waals surface area contributed by atoms with Gasteiger partial charge in [-0.05, 0) is 18.2 Å². The van der Waals surface area contributed by atoms with E-state index >= 15 is 0 Å². The Labute approximate surface area is 184 Å². The quantitative estimate of drug-likeness (QED) is 0.326. The number of para-hydroxylation sites is 1.